The second-order valence-corrected chi connectivity index (χ2v) is 3.09. The fraction of sp³-hybridized carbons (Fsp3) is 0.250. The molecule has 0 heterocycles. The highest BCUT2D eigenvalue weighted by Crippen LogP contribution is 2.19. The van der Waals surface area contributed by atoms with Gasteiger partial charge in [0, 0.05) is 6.42 Å². The topological polar surface area (TPSA) is 20.2 Å². The number of hydrogen-bond donors (Lipinski definition) is 1. The molecule has 0 aliphatic carbocycles. The van der Waals surface area contributed by atoms with Crippen molar-refractivity contribution in [3.8, 4) is 0 Å². The van der Waals surface area contributed by atoms with Gasteiger partial charge in [-0.3, -0.25) is 0 Å². The van der Waals surface area contributed by atoms with Gasteiger partial charge in [0.15, 0.2) is 0 Å². The van der Waals surface area contributed by atoms with Crippen LogP contribution in [0.4, 0.5) is 0 Å². The van der Waals surface area contributed by atoms with Crippen LogP contribution >= 0.6 is 0 Å². The van der Waals surface area contributed by atoms with Gasteiger partial charge in [-0.25, -0.2) is 0 Å². The summed E-state index contributed by atoms with van der Waals surface area (Å²) in [7, 11) is 0. The zero-order valence-corrected chi connectivity index (χ0v) is 7.83. The minimum absolute atomic E-state index is 0.435. The lowest BCUT2D eigenvalue weighted by Crippen LogP contribution is -1.96. The number of hydrogen-bond acceptors (Lipinski definition) is 1. The number of aliphatic hydroxyl groups excluding tert-OH is 1. The van der Waals surface area contributed by atoms with E-state index in [4.69, 9.17) is 0 Å². The molecule has 1 heteroatoms. The van der Waals surface area contributed by atoms with Crippen molar-refractivity contribution in [2.75, 3.05) is 0 Å². The Hall–Kier alpha value is -1.30. The molecule has 0 amide bonds. The molecule has 1 rings (SSSR count). The average molecular weight is 174 g/mol. The molecule has 0 fully saturated rings. The quantitative estimate of drug-likeness (QED) is 0.698. The molecule has 0 saturated carbocycles. The first-order valence-electron chi connectivity index (χ1n) is 4.32. The molecule has 0 aliphatic rings. The highest BCUT2D eigenvalue weighted by atomic mass is 16.3. The van der Waals surface area contributed by atoms with E-state index in [1.165, 1.54) is 0 Å². The van der Waals surface area contributed by atoms with Crippen LogP contribution in [-0.2, 0) is 0 Å². The van der Waals surface area contributed by atoms with Crippen LogP contribution in [-0.4, -0.2) is 5.11 Å². The van der Waals surface area contributed by atoms with Crippen LogP contribution in [0.5, 0.6) is 0 Å². The second-order valence-electron chi connectivity index (χ2n) is 3.09. The highest BCUT2D eigenvalue weighted by molar-refractivity contribution is 5.18. The molecule has 0 radical (unpaired) electrons. The van der Waals surface area contributed by atoms with E-state index in [2.05, 4.69) is 12.3 Å². The standard InChI is InChI=1S/C12H14O/c1-3-10(2)9-12(13)11-7-5-4-6-8-11/h4-8,12-13H,1,9H2,2H3. The Labute approximate surface area is 79.0 Å². The molecule has 68 valence electrons. The summed E-state index contributed by atoms with van der Waals surface area (Å²) in [5.41, 5.74) is 4.70. The molecule has 1 nitrogen and oxygen atoms in total. The van der Waals surface area contributed by atoms with Crippen molar-refractivity contribution in [3.05, 3.63) is 53.8 Å². The summed E-state index contributed by atoms with van der Waals surface area (Å²) in [4.78, 5) is 0. The van der Waals surface area contributed by atoms with Crippen LogP contribution in [0, 0.1) is 0 Å². The van der Waals surface area contributed by atoms with Crippen molar-refractivity contribution in [2.24, 2.45) is 0 Å². The lowest BCUT2D eigenvalue weighted by molar-refractivity contribution is 0.178. The lowest BCUT2D eigenvalue weighted by atomic mass is 10.0. The lowest BCUT2D eigenvalue weighted by Gasteiger charge is -2.09. The molecular formula is C12H14O. The van der Waals surface area contributed by atoms with E-state index < -0.39 is 6.10 Å². The van der Waals surface area contributed by atoms with Gasteiger partial charge in [0.1, 0.15) is 0 Å². The molecule has 0 bridgehead atoms. The third kappa shape index (κ3) is 2.90. The first-order chi connectivity index (χ1) is 6.24. The third-order valence-electron chi connectivity index (χ3n) is 1.99. The molecule has 1 aromatic rings. The molecule has 1 N–H and O–H groups in total. The average Bonchev–Trinajstić information content (AvgIpc) is 2.19. The van der Waals surface area contributed by atoms with Gasteiger partial charge in [0.05, 0.1) is 6.10 Å². The first kappa shape index (κ1) is 9.79. The Kier molecular flexibility index (Phi) is 3.51. The summed E-state index contributed by atoms with van der Waals surface area (Å²) in [5, 5.41) is 9.73. The summed E-state index contributed by atoms with van der Waals surface area (Å²) in [6.07, 6.45) is 0.170. The summed E-state index contributed by atoms with van der Waals surface area (Å²) < 4.78 is 0. The van der Waals surface area contributed by atoms with Crippen molar-refractivity contribution in [1.82, 2.24) is 0 Å². The van der Waals surface area contributed by atoms with Crippen molar-refractivity contribution in [3.63, 3.8) is 0 Å². The highest BCUT2D eigenvalue weighted by Gasteiger charge is 2.06. The zero-order chi connectivity index (χ0) is 9.68. The van der Waals surface area contributed by atoms with Crippen LogP contribution < -0.4 is 0 Å². The molecule has 1 atom stereocenters. The van der Waals surface area contributed by atoms with Gasteiger partial charge in [-0.2, -0.15) is 0 Å². The Morgan fingerprint density at radius 3 is 2.62 bits per heavy atom. The van der Waals surface area contributed by atoms with Crippen LogP contribution in [0.1, 0.15) is 25.0 Å². The van der Waals surface area contributed by atoms with E-state index in [1.54, 1.807) is 0 Å². The molecule has 1 aromatic carbocycles. The summed E-state index contributed by atoms with van der Waals surface area (Å²) >= 11 is 0. The van der Waals surface area contributed by atoms with Crippen LogP contribution in [0.15, 0.2) is 48.2 Å². The second kappa shape index (κ2) is 4.66. The van der Waals surface area contributed by atoms with Gasteiger partial charge < -0.3 is 5.11 Å². The maximum atomic E-state index is 9.73. The molecule has 1 unspecified atom stereocenters. The largest absolute Gasteiger partial charge is 0.388 e. The molecule has 0 aliphatic heterocycles. The van der Waals surface area contributed by atoms with Crippen molar-refractivity contribution >= 4 is 0 Å². The molecule has 13 heavy (non-hydrogen) atoms. The van der Waals surface area contributed by atoms with E-state index in [0.717, 1.165) is 11.1 Å². The molecule has 0 aromatic heterocycles. The van der Waals surface area contributed by atoms with Crippen molar-refractivity contribution in [2.45, 2.75) is 19.4 Å². The number of benzene rings is 1. The maximum absolute atomic E-state index is 9.73. The van der Waals surface area contributed by atoms with Gasteiger partial charge in [-0.1, -0.05) is 36.9 Å². The summed E-state index contributed by atoms with van der Waals surface area (Å²) in [5.74, 6) is 0. The van der Waals surface area contributed by atoms with E-state index in [9.17, 15) is 5.11 Å². The SMILES string of the molecule is C=C=C(C)CC(O)c1ccccc1. The minimum atomic E-state index is -0.435. The van der Waals surface area contributed by atoms with Gasteiger partial charge in [0.2, 0.25) is 0 Å². The minimum Gasteiger partial charge on any atom is -0.388 e. The third-order valence-corrected chi connectivity index (χ3v) is 1.99. The molecule has 0 saturated heterocycles. The van der Waals surface area contributed by atoms with Gasteiger partial charge >= 0.3 is 0 Å². The zero-order valence-electron chi connectivity index (χ0n) is 7.83. The fourth-order valence-corrected chi connectivity index (χ4v) is 1.16. The normalized spacial score (nSPS) is 11.8. The Morgan fingerprint density at radius 2 is 2.08 bits per heavy atom. The Bertz CT molecular complexity index is 307. The van der Waals surface area contributed by atoms with Crippen LogP contribution in [0.25, 0.3) is 0 Å². The fourth-order valence-electron chi connectivity index (χ4n) is 1.16. The van der Waals surface area contributed by atoms with E-state index in [-0.39, 0.29) is 0 Å². The van der Waals surface area contributed by atoms with E-state index in [0.29, 0.717) is 6.42 Å². The smallest absolute Gasteiger partial charge is 0.0833 e. The van der Waals surface area contributed by atoms with Crippen LogP contribution in [0.2, 0.25) is 0 Å². The van der Waals surface area contributed by atoms with Crippen molar-refractivity contribution in [1.29, 1.82) is 0 Å². The number of aliphatic hydroxyl groups is 1. The summed E-state index contributed by atoms with van der Waals surface area (Å²) in [6.45, 7) is 5.45. The van der Waals surface area contributed by atoms with Crippen molar-refractivity contribution < 1.29 is 5.11 Å². The Balaban J connectivity index is 2.69. The van der Waals surface area contributed by atoms with Gasteiger partial charge in [0.25, 0.3) is 0 Å². The Morgan fingerprint density at radius 1 is 1.46 bits per heavy atom. The maximum Gasteiger partial charge on any atom is 0.0833 e. The number of rotatable bonds is 3. The monoisotopic (exact) mass is 174 g/mol. The van der Waals surface area contributed by atoms with E-state index >= 15 is 0 Å². The predicted molar refractivity (Wildman–Crippen MR) is 54.3 cm³/mol. The molecule has 0 spiro atoms. The van der Waals surface area contributed by atoms with Gasteiger partial charge in [-0.05, 0) is 18.1 Å². The molecular weight excluding hydrogens is 160 g/mol. The van der Waals surface area contributed by atoms with E-state index in [1.807, 2.05) is 37.3 Å². The predicted octanol–water partition coefficient (Wildman–Crippen LogP) is 2.84. The first-order valence-corrected chi connectivity index (χ1v) is 4.32. The summed E-state index contributed by atoms with van der Waals surface area (Å²) in [6, 6.07) is 9.62. The van der Waals surface area contributed by atoms with Gasteiger partial charge in [-0.15, -0.1) is 5.73 Å². The van der Waals surface area contributed by atoms with Crippen LogP contribution in [0.3, 0.4) is 0 Å².